The number of fused-ring (bicyclic) bond motifs is 1. The molecule has 3 heterocycles. The van der Waals surface area contributed by atoms with Crippen LogP contribution in [0.3, 0.4) is 0 Å². The average molecular weight is 298 g/mol. The summed E-state index contributed by atoms with van der Waals surface area (Å²) < 4.78 is 0. The second-order valence-electron chi connectivity index (χ2n) is 4.39. The van der Waals surface area contributed by atoms with E-state index < -0.39 is 0 Å². The standard InChI is InChI=1S/C13H14N8O/c14-2-5-15-9-6-8-10(12(22)19-7-18-8)11(20-9)21-13-16-3-1-4-17-13/h1,3-4,6-7H,2,5,14H2,(H,18,19,22)(H2,15,16,17,20,21). The summed E-state index contributed by atoms with van der Waals surface area (Å²) in [6, 6.07) is 3.39. The van der Waals surface area contributed by atoms with Gasteiger partial charge in [0.15, 0.2) is 0 Å². The Morgan fingerprint density at radius 3 is 2.82 bits per heavy atom. The van der Waals surface area contributed by atoms with Crippen molar-refractivity contribution in [1.82, 2.24) is 24.9 Å². The summed E-state index contributed by atoms with van der Waals surface area (Å²) in [4.78, 5) is 31.3. The minimum absolute atomic E-state index is 0.290. The number of pyridine rings is 1. The first kappa shape index (κ1) is 13.9. The van der Waals surface area contributed by atoms with Gasteiger partial charge in [0.2, 0.25) is 5.95 Å². The molecule has 0 aromatic carbocycles. The molecule has 5 N–H and O–H groups in total. The number of aromatic amines is 1. The van der Waals surface area contributed by atoms with Gasteiger partial charge in [-0.1, -0.05) is 0 Å². The van der Waals surface area contributed by atoms with E-state index in [1.807, 2.05) is 0 Å². The summed E-state index contributed by atoms with van der Waals surface area (Å²) in [5.41, 5.74) is 5.70. The Balaban J connectivity index is 2.10. The van der Waals surface area contributed by atoms with E-state index in [0.717, 1.165) is 0 Å². The van der Waals surface area contributed by atoms with Gasteiger partial charge in [0.25, 0.3) is 5.56 Å². The van der Waals surface area contributed by atoms with Crippen LogP contribution in [0.4, 0.5) is 17.6 Å². The number of nitrogens with two attached hydrogens (primary N) is 1. The highest BCUT2D eigenvalue weighted by Crippen LogP contribution is 2.21. The first-order chi connectivity index (χ1) is 10.8. The van der Waals surface area contributed by atoms with E-state index in [9.17, 15) is 4.79 Å². The molecule has 0 unspecified atom stereocenters. The molecule has 22 heavy (non-hydrogen) atoms. The highest BCUT2D eigenvalue weighted by Gasteiger charge is 2.11. The van der Waals surface area contributed by atoms with Crippen LogP contribution in [-0.4, -0.2) is 38.0 Å². The normalized spacial score (nSPS) is 10.6. The highest BCUT2D eigenvalue weighted by atomic mass is 16.1. The number of anilines is 3. The van der Waals surface area contributed by atoms with Crippen LogP contribution in [0.15, 0.2) is 35.6 Å². The van der Waals surface area contributed by atoms with Crippen LogP contribution in [0.25, 0.3) is 10.9 Å². The number of rotatable bonds is 5. The van der Waals surface area contributed by atoms with Gasteiger partial charge in [-0.05, 0) is 6.07 Å². The molecule has 0 aliphatic heterocycles. The van der Waals surface area contributed by atoms with Crippen LogP contribution in [0.5, 0.6) is 0 Å². The third kappa shape index (κ3) is 2.83. The number of hydrogen-bond donors (Lipinski definition) is 4. The molecule has 3 rings (SSSR count). The van der Waals surface area contributed by atoms with Gasteiger partial charge in [-0.2, -0.15) is 0 Å². The van der Waals surface area contributed by atoms with Gasteiger partial charge in [-0.25, -0.2) is 19.9 Å². The predicted molar refractivity (Wildman–Crippen MR) is 83.0 cm³/mol. The third-order valence-corrected chi connectivity index (χ3v) is 2.87. The van der Waals surface area contributed by atoms with Crippen LogP contribution < -0.4 is 21.9 Å². The van der Waals surface area contributed by atoms with Crippen molar-refractivity contribution >= 4 is 28.5 Å². The Bertz CT molecular complexity index is 832. The summed E-state index contributed by atoms with van der Waals surface area (Å²) in [7, 11) is 0. The van der Waals surface area contributed by atoms with Gasteiger partial charge in [0, 0.05) is 31.5 Å². The summed E-state index contributed by atoms with van der Waals surface area (Å²) in [6.45, 7) is 1.02. The minimum Gasteiger partial charge on any atom is -0.369 e. The summed E-state index contributed by atoms with van der Waals surface area (Å²) in [6.07, 6.45) is 4.53. The van der Waals surface area contributed by atoms with Crippen molar-refractivity contribution in [2.75, 3.05) is 23.7 Å². The third-order valence-electron chi connectivity index (χ3n) is 2.87. The Labute approximate surface area is 125 Å². The molecule has 0 bridgehead atoms. The van der Waals surface area contributed by atoms with E-state index in [1.54, 1.807) is 24.5 Å². The van der Waals surface area contributed by atoms with Crippen LogP contribution in [0.1, 0.15) is 0 Å². The molecule has 112 valence electrons. The van der Waals surface area contributed by atoms with Crippen molar-refractivity contribution in [3.8, 4) is 0 Å². The summed E-state index contributed by atoms with van der Waals surface area (Å²) in [5.74, 6) is 1.24. The van der Waals surface area contributed by atoms with Crippen molar-refractivity contribution in [1.29, 1.82) is 0 Å². The molecule has 0 fully saturated rings. The molecule has 0 atom stereocenters. The van der Waals surface area contributed by atoms with Gasteiger partial charge >= 0.3 is 0 Å². The van der Waals surface area contributed by atoms with E-state index in [1.165, 1.54) is 6.33 Å². The maximum Gasteiger partial charge on any atom is 0.262 e. The molecular formula is C13H14N8O. The van der Waals surface area contributed by atoms with E-state index in [2.05, 4.69) is 35.6 Å². The maximum absolute atomic E-state index is 12.1. The molecule has 0 radical (unpaired) electrons. The highest BCUT2D eigenvalue weighted by molar-refractivity contribution is 5.91. The first-order valence-corrected chi connectivity index (χ1v) is 6.64. The zero-order valence-corrected chi connectivity index (χ0v) is 11.6. The fourth-order valence-electron chi connectivity index (χ4n) is 1.94. The van der Waals surface area contributed by atoms with Gasteiger partial charge in [0.1, 0.15) is 17.0 Å². The molecule has 0 aliphatic rings. The fourth-order valence-corrected chi connectivity index (χ4v) is 1.94. The fraction of sp³-hybridized carbons (Fsp3) is 0.154. The predicted octanol–water partition coefficient (Wildman–Crippen LogP) is 0.222. The Morgan fingerprint density at radius 2 is 2.05 bits per heavy atom. The van der Waals surface area contributed by atoms with Crippen molar-refractivity contribution in [2.24, 2.45) is 5.73 Å². The smallest absolute Gasteiger partial charge is 0.262 e. The monoisotopic (exact) mass is 298 g/mol. The Kier molecular flexibility index (Phi) is 3.88. The molecule has 0 spiro atoms. The average Bonchev–Trinajstić information content (AvgIpc) is 2.54. The van der Waals surface area contributed by atoms with Gasteiger partial charge in [0.05, 0.1) is 11.8 Å². The van der Waals surface area contributed by atoms with Crippen LogP contribution in [0, 0.1) is 0 Å². The molecule has 0 aliphatic carbocycles. The number of hydrogen-bond acceptors (Lipinski definition) is 8. The molecular weight excluding hydrogens is 284 g/mol. The van der Waals surface area contributed by atoms with Crippen molar-refractivity contribution in [3.05, 3.63) is 41.2 Å². The lowest BCUT2D eigenvalue weighted by Gasteiger charge is -2.10. The Morgan fingerprint density at radius 1 is 1.23 bits per heavy atom. The lowest BCUT2D eigenvalue weighted by Crippen LogP contribution is -2.16. The molecule has 3 aromatic rings. The van der Waals surface area contributed by atoms with Gasteiger partial charge in [-0.3, -0.25) is 4.79 Å². The molecule has 3 aromatic heterocycles. The summed E-state index contributed by atoms with van der Waals surface area (Å²) in [5, 5.41) is 6.34. The SMILES string of the molecule is NCCNc1cc2nc[nH]c(=O)c2c(Nc2ncccn2)n1. The van der Waals surface area contributed by atoms with Crippen LogP contribution in [0.2, 0.25) is 0 Å². The van der Waals surface area contributed by atoms with Gasteiger partial charge in [-0.15, -0.1) is 0 Å². The lowest BCUT2D eigenvalue weighted by atomic mass is 10.2. The van der Waals surface area contributed by atoms with E-state index in [0.29, 0.717) is 41.6 Å². The number of H-pyrrole nitrogens is 1. The van der Waals surface area contributed by atoms with Crippen molar-refractivity contribution in [3.63, 3.8) is 0 Å². The molecule has 0 saturated heterocycles. The quantitative estimate of drug-likeness (QED) is 0.525. The second kappa shape index (κ2) is 6.14. The van der Waals surface area contributed by atoms with E-state index >= 15 is 0 Å². The zero-order valence-electron chi connectivity index (χ0n) is 11.6. The van der Waals surface area contributed by atoms with Gasteiger partial charge < -0.3 is 21.4 Å². The number of nitrogens with one attached hydrogen (secondary N) is 3. The largest absolute Gasteiger partial charge is 0.369 e. The zero-order chi connectivity index (χ0) is 15.4. The first-order valence-electron chi connectivity index (χ1n) is 6.64. The van der Waals surface area contributed by atoms with E-state index in [-0.39, 0.29) is 5.56 Å². The number of nitrogens with zero attached hydrogens (tertiary/aromatic N) is 4. The van der Waals surface area contributed by atoms with Crippen LogP contribution in [-0.2, 0) is 0 Å². The topological polar surface area (TPSA) is 134 Å². The minimum atomic E-state index is -0.290. The van der Waals surface area contributed by atoms with Crippen molar-refractivity contribution in [2.45, 2.75) is 0 Å². The Hall–Kier alpha value is -3.07. The van der Waals surface area contributed by atoms with Crippen molar-refractivity contribution < 1.29 is 0 Å². The van der Waals surface area contributed by atoms with E-state index in [4.69, 9.17) is 5.73 Å². The summed E-state index contributed by atoms with van der Waals surface area (Å²) >= 11 is 0. The number of aromatic nitrogens is 5. The molecule has 9 nitrogen and oxygen atoms in total. The molecule has 0 amide bonds. The molecule has 9 heteroatoms. The lowest BCUT2D eigenvalue weighted by molar-refractivity contribution is 1.01. The maximum atomic E-state index is 12.1. The second-order valence-corrected chi connectivity index (χ2v) is 4.39. The molecule has 0 saturated carbocycles. The van der Waals surface area contributed by atoms with Crippen LogP contribution >= 0.6 is 0 Å².